The van der Waals surface area contributed by atoms with E-state index < -0.39 is 16.4 Å². The third kappa shape index (κ3) is 2.16. The lowest BCUT2D eigenvalue weighted by Gasteiger charge is -2.23. The summed E-state index contributed by atoms with van der Waals surface area (Å²) in [5.74, 6) is -0.866. The van der Waals surface area contributed by atoms with Crippen LogP contribution in [0, 0.1) is 10.1 Å². The van der Waals surface area contributed by atoms with Crippen LogP contribution in [0.2, 0.25) is 0 Å². The van der Waals surface area contributed by atoms with Crippen molar-refractivity contribution in [3.8, 4) is 0 Å². The molecule has 0 radical (unpaired) electrons. The van der Waals surface area contributed by atoms with E-state index in [0.717, 1.165) is 0 Å². The second kappa shape index (κ2) is 4.82. The zero-order chi connectivity index (χ0) is 15.0. The highest BCUT2D eigenvalue weighted by molar-refractivity contribution is 5.94. The Balaban J connectivity index is 2.24. The minimum atomic E-state index is -0.687. The van der Waals surface area contributed by atoms with Crippen LogP contribution in [0.3, 0.4) is 0 Å². The molecule has 0 saturated heterocycles. The van der Waals surface area contributed by atoms with Gasteiger partial charge in [0, 0.05) is 24.0 Å². The number of rotatable bonds is 2. The first-order chi connectivity index (χ1) is 10.1. The summed E-state index contributed by atoms with van der Waals surface area (Å²) in [7, 11) is 0. The lowest BCUT2D eigenvalue weighted by Crippen LogP contribution is -2.30. The minimum absolute atomic E-state index is 0.0351. The third-order valence-electron chi connectivity index (χ3n) is 3.39. The van der Waals surface area contributed by atoms with Crippen molar-refractivity contribution in [3.63, 3.8) is 0 Å². The van der Waals surface area contributed by atoms with Crippen LogP contribution >= 0.6 is 0 Å². The normalized spacial score (nSPS) is 17.0. The van der Waals surface area contributed by atoms with Crippen LogP contribution < -0.4 is 10.9 Å². The van der Waals surface area contributed by atoms with Crippen LogP contribution in [0.15, 0.2) is 35.4 Å². The first-order valence-electron chi connectivity index (χ1n) is 6.18. The predicted octanol–water partition coefficient (Wildman–Crippen LogP) is 1.15. The Hall–Kier alpha value is -3.03. The zero-order valence-corrected chi connectivity index (χ0v) is 10.7. The van der Waals surface area contributed by atoms with E-state index in [2.05, 4.69) is 15.3 Å². The highest BCUT2D eigenvalue weighted by Gasteiger charge is 2.33. The maximum atomic E-state index is 12.0. The van der Waals surface area contributed by atoms with E-state index in [-0.39, 0.29) is 29.4 Å². The minimum Gasteiger partial charge on any atom is -0.313 e. The Kier molecular flexibility index (Phi) is 2.98. The molecular formula is C13H10N4O4. The van der Waals surface area contributed by atoms with Gasteiger partial charge in [-0.2, -0.15) is 0 Å². The molecule has 2 aromatic rings. The summed E-state index contributed by atoms with van der Waals surface area (Å²) >= 11 is 0. The van der Waals surface area contributed by atoms with E-state index in [9.17, 15) is 19.7 Å². The molecule has 1 atom stereocenters. The molecule has 1 aliphatic rings. The topological polar surface area (TPSA) is 118 Å². The summed E-state index contributed by atoms with van der Waals surface area (Å²) in [6, 6.07) is 6.09. The number of carbonyl (C=O) groups excluding carboxylic acids is 1. The van der Waals surface area contributed by atoms with Crippen LogP contribution in [0.1, 0.15) is 23.5 Å². The van der Waals surface area contributed by atoms with Crippen molar-refractivity contribution in [2.45, 2.75) is 12.3 Å². The van der Waals surface area contributed by atoms with E-state index >= 15 is 0 Å². The molecule has 1 amide bonds. The molecule has 8 nitrogen and oxygen atoms in total. The van der Waals surface area contributed by atoms with Crippen molar-refractivity contribution < 1.29 is 9.72 Å². The van der Waals surface area contributed by atoms with Gasteiger partial charge in [-0.1, -0.05) is 18.2 Å². The van der Waals surface area contributed by atoms with E-state index in [1.54, 1.807) is 18.2 Å². The van der Waals surface area contributed by atoms with Crippen molar-refractivity contribution in [1.82, 2.24) is 9.97 Å². The van der Waals surface area contributed by atoms with E-state index in [0.29, 0.717) is 5.56 Å². The van der Waals surface area contributed by atoms with Crippen molar-refractivity contribution in [2.24, 2.45) is 0 Å². The first kappa shape index (κ1) is 13.0. The quantitative estimate of drug-likeness (QED) is 0.634. The number of fused-ring (bicyclic) bond motifs is 1. The van der Waals surface area contributed by atoms with Gasteiger partial charge < -0.3 is 10.3 Å². The molecular weight excluding hydrogens is 276 g/mol. The number of hydrogen-bond acceptors (Lipinski definition) is 5. The summed E-state index contributed by atoms with van der Waals surface area (Å²) in [5.41, 5.74) is 0.0399. The molecule has 8 heteroatoms. The highest BCUT2D eigenvalue weighted by atomic mass is 16.6. The molecule has 0 bridgehead atoms. The second-order valence-corrected chi connectivity index (χ2v) is 4.61. The van der Waals surface area contributed by atoms with Gasteiger partial charge in [-0.25, -0.2) is 4.98 Å². The molecule has 1 aromatic heterocycles. The van der Waals surface area contributed by atoms with Gasteiger partial charge in [0.1, 0.15) is 5.82 Å². The standard InChI is InChI=1S/C13H10N4O4/c18-10-5-8(7-3-1-2-4-9(7)17(20)21)11-12(16-10)14-6-15-13(11)19/h1-4,6,8H,5H2,(H2,14,15,16,18,19). The Morgan fingerprint density at radius 1 is 1.29 bits per heavy atom. The molecule has 1 unspecified atom stereocenters. The first-order valence-corrected chi connectivity index (χ1v) is 6.18. The maximum Gasteiger partial charge on any atom is 0.273 e. The van der Waals surface area contributed by atoms with Crippen LogP contribution in [0.5, 0.6) is 0 Å². The van der Waals surface area contributed by atoms with Crippen molar-refractivity contribution >= 4 is 17.4 Å². The molecule has 1 aromatic carbocycles. The van der Waals surface area contributed by atoms with Gasteiger partial charge in [0.05, 0.1) is 16.8 Å². The van der Waals surface area contributed by atoms with Crippen molar-refractivity contribution in [2.75, 3.05) is 5.32 Å². The average molecular weight is 286 g/mol. The molecule has 21 heavy (non-hydrogen) atoms. The van der Waals surface area contributed by atoms with Gasteiger partial charge in [-0.05, 0) is 0 Å². The number of H-pyrrole nitrogens is 1. The lowest BCUT2D eigenvalue weighted by molar-refractivity contribution is -0.385. The van der Waals surface area contributed by atoms with Crippen molar-refractivity contribution in [3.05, 3.63) is 62.2 Å². The number of anilines is 1. The number of nitrogens with one attached hydrogen (secondary N) is 2. The van der Waals surface area contributed by atoms with Gasteiger partial charge in [0.15, 0.2) is 0 Å². The number of benzene rings is 1. The smallest absolute Gasteiger partial charge is 0.273 e. The average Bonchev–Trinajstić information content (AvgIpc) is 2.46. The van der Waals surface area contributed by atoms with Gasteiger partial charge in [0.2, 0.25) is 5.91 Å². The fourth-order valence-corrected chi connectivity index (χ4v) is 2.52. The van der Waals surface area contributed by atoms with Crippen LogP contribution in [-0.4, -0.2) is 20.8 Å². The zero-order valence-electron chi connectivity index (χ0n) is 10.7. The number of amides is 1. The monoisotopic (exact) mass is 286 g/mol. The summed E-state index contributed by atoms with van der Waals surface area (Å²) in [4.78, 5) is 40.8. The molecule has 2 heterocycles. The molecule has 0 spiro atoms. The molecule has 0 aliphatic carbocycles. The molecule has 1 aliphatic heterocycles. The number of para-hydroxylation sites is 1. The van der Waals surface area contributed by atoms with Crippen LogP contribution in [-0.2, 0) is 4.79 Å². The maximum absolute atomic E-state index is 12.0. The predicted molar refractivity (Wildman–Crippen MR) is 73.0 cm³/mol. The Morgan fingerprint density at radius 3 is 2.81 bits per heavy atom. The number of hydrogen-bond donors (Lipinski definition) is 2. The lowest BCUT2D eigenvalue weighted by atomic mass is 9.86. The molecule has 0 fully saturated rings. The second-order valence-electron chi connectivity index (χ2n) is 4.61. The number of carbonyl (C=O) groups is 1. The highest BCUT2D eigenvalue weighted by Crippen LogP contribution is 2.37. The van der Waals surface area contributed by atoms with Crippen LogP contribution in [0.4, 0.5) is 11.5 Å². The van der Waals surface area contributed by atoms with E-state index in [4.69, 9.17) is 0 Å². The SMILES string of the molecule is O=C1CC(c2ccccc2[N+](=O)[O-])c2c(nc[nH]c2=O)N1. The number of aromatic amines is 1. The fourth-order valence-electron chi connectivity index (χ4n) is 2.52. The van der Waals surface area contributed by atoms with E-state index in [1.807, 2.05) is 0 Å². The largest absolute Gasteiger partial charge is 0.313 e. The summed E-state index contributed by atoms with van der Waals surface area (Å²) in [6.07, 6.45) is 1.15. The van der Waals surface area contributed by atoms with Gasteiger partial charge in [0.25, 0.3) is 11.2 Å². The van der Waals surface area contributed by atoms with Gasteiger partial charge in [-0.15, -0.1) is 0 Å². The number of nitro benzene ring substituents is 1. The van der Waals surface area contributed by atoms with E-state index in [1.165, 1.54) is 12.4 Å². The molecule has 3 rings (SSSR count). The number of nitro groups is 1. The summed E-state index contributed by atoms with van der Waals surface area (Å²) < 4.78 is 0. The summed E-state index contributed by atoms with van der Waals surface area (Å²) in [5, 5.41) is 13.7. The number of aromatic nitrogens is 2. The number of nitrogens with zero attached hydrogens (tertiary/aromatic N) is 2. The Bertz CT molecular complexity index is 799. The molecule has 0 saturated carbocycles. The third-order valence-corrected chi connectivity index (χ3v) is 3.39. The van der Waals surface area contributed by atoms with Crippen LogP contribution in [0.25, 0.3) is 0 Å². The molecule has 2 N–H and O–H groups in total. The van der Waals surface area contributed by atoms with Gasteiger partial charge >= 0.3 is 0 Å². The Labute approximate surface area is 118 Å². The Morgan fingerprint density at radius 2 is 2.05 bits per heavy atom. The van der Waals surface area contributed by atoms with Crippen molar-refractivity contribution in [1.29, 1.82) is 0 Å². The fraction of sp³-hybridized carbons (Fsp3) is 0.154. The van der Waals surface area contributed by atoms with Gasteiger partial charge in [-0.3, -0.25) is 19.7 Å². The summed E-state index contributed by atoms with van der Waals surface area (Å²) in [6.45, 7) is 0. The molecule has 106 valence electrons.